The normalized spacial score (nSPS) is 15.4. The number of hydrogen-bond donors (Lipinski definition) is 0. The molecule has 2 aromatic carbocycles. The molecule has 0 heterocycles. The first-order valence-corrected chi connectivity index (χ1v) is 9.12. The van der Waals surface area contributed by atoms with Gasteiger partial charge in [-0.3, -0.25) is 0 Å². The van der Waals surface area contributed by atoms with E-state index in [4.69, 9.17) is 0 Å². The SMILES string of the molecule is CCC(C)C1=CCC(C(c2cccc(C)c2)c2cccc(C)c2)=C1. The van der Waals surface area contributed by atoms with Crippen LogP contribution < -0.4 is 0 Å². The van der Waals surface area contributed by atoms with Gasteiger partial charge in [0.2, 0.25) is 0 Å². The summed E-state index contributed by atoms with van der Waals surface area (Å²) in [6, 6.07) is 18.0. The standard InChI is InChI=1S/C24H28/c1-5-19(4)20-12-13-23(16-20)24(21-10-6-8-17(2)14-21)22-11-7-9-18(3)15-22/h6-12,14-16,19,24H,5,13H2,1-4H3. The summed E-state index contributed by atoms with van der Waals surface area (Å²) >= 11 is 0. The van der Waals surface area contributed by atoms with Crippen LogP contribution >= 0.6 is 0 Å². The minimum absolute atomic E-state index is 0.364. The molecule has 0 aromatic heterocycles. The van der Waals surface area contributed by atoms with Gasteiger partial charge in [0, 0.05) is 5.92 Å². The van der Waals surface area contributed by atoms with Crippen LogP contribution in [0.4, 0.5) is 0 Å². The molecule has 1 unspecified atom stereocenters. The first-order chi connectivity index (χ1) is 11.6. The quantitative estimate of drug-likeness (QED) is 0.573. The van der Waals surface area contributed by atoms with Crippen molar-refractivity contribution < 1.29 is 0 Å². The molecule has 1 aliphatic rings. The molecule has 0 N–H and O–H groups in total. The average Bonchev–Trinajstić information content (AvgIpc) is 3.04. The van der Waals surface area contributed by atoms with Gasteiger partial charge in [0.05, 0.1) is 0 Å². The van der Waals surface area contributed by atoms with E-state index in [0.717, 1.165) is 6.42 Å². The van der Waals surface area contributed by atoms with Gasteiger partial charge in [-0.25, -0.2) is 0 Å². The lowest BCUT2D eigenvalue weighted by atomic mass is 9.83. The van der Waals surface area contributed by atoms with Gasteiger partial charge < -0.3 is 0 Å². The van der Waals surface area contributed by atoms with Gasteiger partial charge in [0.15, 0.2) is 0 Å². The highest BCUT2D eigenvalue weighted by molar-refractivity contribution is 5.48. The van der Waals surface area contributed by atoms with Crippen LogP contribution in [-0.4, -0.2) is 0 Å². The zero-order chi connectivity index (χ0) is 17.1. The van der Waals surface area contributed by atoms with E-state index in [1.54, 1.807) is 0 Å². The molecule has 0 amide bonds. The number of aryl methyl sites for hydroxylation is 2. The Morgan fingerprint density at radius 1 is 0.917 bits per heavy atom. The van der Waals surface area contributed by atoms with Crippen LogP contribution in [0.1, 0.15) is 54.9 Å². The second-order valence-corrected chi connectivity index (χ2v) is 7.20. The lowest BCUT2D eigenvalue weighted by Gasteiger charge is -2.21. The highest BCUT2D eigenvalue weighted by atomic mass is 14.3. The maximum absolute atomic E-state index is 2.46. The highest BCUT2D eigenvalue weighted by Crippen LogP contribution is 2.39. The maximum Gasteiger partial charge on any atom is 0.0305 e. The fourth-order valence-electron chi connectivity index (χ4n) is 3.67. The Hall–Kier alpha value is -2.08. The van der Waals surface area contributed by atoms with E-state index >= 15 is 0 Å². The molecule has 0 radical (unpaired) electrons. The van der Waals surface area contributed by atoms with Crippen molar-refractivity contribution >= 4 is 0 Å². The second kappa shape index (κ2) is 7.21. The summed E-state index contributed by atoms with van der Waals surface area (Å²) in [4.78, 5) is 0. The summed E-state index contributed by atoms with van der Waals surface area (Å²) in [6.45, 7) is 8.97. The largest absolute Gasteiger partial charge is 0.0769 e. The molecule has 0 fully saturated rings. The first-order valence-electron chi connectivity index (χ1n) is 9.12. The predicted octanol–water partition coefficient (Wildman–Crippen LogP) is 6.74. The van der Waals surface area contributed by atoms with E-state index in [1.807, 2.05) is 0 Å². The zero-order valence-corrected chi connectivity index (χ0v) is 15.3. The minimum atomic E-state index is 0.364. The van der Waals surface area contributed by atoms with Gasteiger partial charge >= 0.3 is 0 Å². The smallest absolute Gasteiger partial charge is 0.0305 e. The van der Waals surface area contributed by atoms with Crippen molar-refractivity contribution in [3.63, 3.8) is 0 Å². The summed E-state index contributed by atoms with van der Waals surface area (Å²) in [7, 11) is 0. The Balaban J connectivity index is 2.04. The van der Waals surface area contributed by atoms with Crippen LogP contribution in [0.3, 0.4) is 0 Å². The first kappa shape index (κ1) is 16.8. The van der Waals surface area contributed by atoms with Crippen molar-refractivity contribution in [3.05, 3.63) is 94.1 Å². The molecule has 0 heteroatoms. The lowest BCUT2D eigenvalue weighted by Crippen LogP contribution is -2.05. The second-order valence-electron chi connectivity index (χ2n) is 7.20. The molecule has 24 heavy (non-hydrogen) atoms. The van der Waals surface area contributed by atoms with Crippen molar-refractivity contribution in [2.24, 2.45) is 5.92 Å². The molecule has 124 valence electrons. The lowest BCUT2D eigenvalue weighted by molar-refractivity contribution is 0.671. The van der Waals surface area contributed by atoms with E-state index in [1.165, 1.54) is 39.8 Å². The molecule has 3 rings (SSSR count). The topological polar surface area (TPSA) is 0 Å². The van der Waals surface area contributed by atoms with E-state index in [2.05, 4.69) is 88.4 Å². The molecular formula is C24H28. The molecule has 0 bridgehead atoms. The Bertz CT molecular complexity index is 731. The van der Waals surface area contributed by atoms with Crippen molar-refractivity contribution in [3.8, 4) is 0 Å². The van der Waals surface area contributed by atoms with Gasteiger partial charge in [-0.05, 0) is 49.3 Å². The molecule has 0 spiro atoms. The zero-order valence-electron chi connectivity index (χ0n) is 15.3. The van der Waals surface area contributed by atoms with Crippen molar-refractivity contribution in [1.82, 2.24) is 0 Å². The third kappa shape index (κ3) is 3.53. The molecule has 0 saturated heterocycles. The fraction of sp³-hybridized carbons (Fsp3) is 0.333. The van der Waals surface area contributed by atoms with Gasteiger partial charge in [0.25, 0.3) is 0 Å². The summed E-state index contributed by atoms with van der Waals surface area (Å²) in [6.07, 6.45) is 7.17. The van der Waals surface area contributed by atoms with Crippen LogP contribution in [0, 0.1) is 19.8 Å². The number of rotatable bonds is 5. The average molecular weight is 316 g/mol. The van der Waals surface area contributed by atoms with E-state index in [0.29, 0.717) is 11.8 Å². The molecule has 0 nitrogen and oxygen atoms in total. The summed E-state index contributed by atoms with van der Waals surface area (Å²) < 4.78 is 0. The van der Waals surface area contributed by atoms with Gasteiger partial charge in [0.1, 0.15) is 0 Å². The minimum Gasteiger partial charge on any atom is -0.0769 e. The Morgan fingerprint density at radius 2 is 1.50 bits per heavy atom. The summed E-state index contributed by atoms with van der Waals surface area (Å²) in [5, 5.41) is 0. The highest BCUT2D eigenvalue weighted by Gasteiger charge is 2.22. The van der Waals surface area contributed by atoms with Crippen molar-refractivity contribution in [2.75, 3.05) is 0 Å². The van der Waals surface area contributed by atoms with Crippen molar-refractivity contribution in [2.45, 2.75) is 46.5 Å². The number of benzene rings is 2. The summed E-state index contributed by atoms with van der Waals surface area (Å²) in [5.41, 5.74) is 8.52. The van der Waals surface area contributed by atoms with E-state index < -0.39 is 0 Å². The van der Waals surface area contributed by atoms with Crippen LogP contribution in [0.2, 0.25) is 0 Å². The van der Waals surface area contributed by atoms with Gasteiger partial charge in [-0.2, -0.15) is 0 Å². The van der Waals surface area contributed by atoms with Crippen molar-refractivity contribution in [1.29, 1.82) is 0 Å². The van der Waals surface area contributed by atoms with Crippen LogP contribution in [0.5, 0.6) is 0 Å². The Morgan fingerprint density at radius 3 is 2.00 bits per heavy atom. The molecule has 1 aliphatic carbocycles. The molecule has 0 saturated carbocycles. The number of hydrogen-bond acceptors (Lipinski definition) is 0. The molecular weight excluding hydrogens is 288 g/mol. The van der Waals surface area contributed by atoms with Crippen LogP contribution in [0.25, 0.3) is 0 Å². The maximum atomic E-state index is 2.46. The van der Waals surface area contributed by atoms with E-state index in [9.17, 15) is 0 Å². The third-order valence-corrected chi connectivity index (χ3v) is 5.23. The molecule has 2 aromatic rings. The van der Waals surface area contributed by atoms with E-state index in [-0.39, 0.29) is 0 Å². The molecule has 0 aliphatic heterocycles. The fourth-order valence-corrected chi connectivity index (χ4v) is 3.67. The Kier molecular flexibility index (Phi) is 5.04. The summed E-state index contributed by atoms with van der Waals surface area (Å²) in [5.74, 6) is 1.01. The Labute approximate surface area is 146 Å². The van der Waals surface area contributed by atoms with Gasteiger partial charge in [-0.15, -0.1) is 0 Å². The number of allylic oxidation sites excluding steroid dienone is 4. The van der Waals surface area contributed by atoms with Gasteiger partial charge in [-0.1, -0.05) is 91.2 Å². The monoisotopic (exact) mass is 316 g/mol. The van der Waals surface area contributed by atoms with Crippen LogP contribution in [0.15, 0.2) is 71.8 Å². The van der Waals surface area contributed by atoms with Crippen LogP contribution in [-0.2, 0) is 0 Å². The molecule has 1 atom stereocenters. The predicted molar refractivity (Wildman–Crippen MR) is 104 cm³/mol. The third-order valence-electron chi connectivity index (χ3n) is 5.23.